The first-order valence-corrected chi connectivity index (χ1v) is 16.8. The lowest BCUT2D eigenvalue weighted by Crippen LogP contribution is -2.33. The average molecular weight is 622 g/mol. The fourth-order valence-electron chi connectivity index (χ4n) is 4.50. The molecule has 41 heavy (non-hydrogen) atoms. The van der Waals surface area contributed by atoms with E-state index in [0.717, 1.165) is 25.7 Å². The van der Waals surface area contributed by atoms with Crippen LogP contribution in [0.1, 0.15) is 67.1 Å². The molecule has 220 valence electrons. The Hall–Kier alpha value is -2.70. The normalized spacial score (nSPS) is 15.0. The second kappa shape index (κ2) is 13.1. The van der Waals surface area contributed by atoms with Gasteiger partial charge in [0.2, 0.25) is 10.0 Å². The van der Waals surface area contributed by atoms with Crippen LogP contribution in [0.5, 0.6) is 0 Å². The van der Waals surface area contributed by atoms with Gasteiger partial charge in [0.15, 0.2) is 5.78 Å². The van der Waals surface area contributed by atoms with Crippen LogP contribution in [0.4, 0.5) is 10.1 Å². The molecule has 2 N–H and O–H groups in total. The van der Waals surface area contributed by atoms with Crippen molar-refractivity contribution < 1.29 is 22.2 Å². The summed E-state index contributed by atoms with van der Waals surface area (Å²) in [6, 6.07) is 8.96. The topological polar surface area (TPSA) is 120 Å². The predicted molar refractivity (Wildman–Crippen MR) is 162 cm³/mol. The lowest BCUT2D eigenvalue weighted by Gasteiger charge is -2.24. The van der Waals surface area contributed by atoms with Crippen molar-refractivity contribution in [1.29, 1.82) is 0 Å². The molecule has 0 radical (unpaired) electrons. The number of nitrogens with one attached hydrogen (secondary N) is 2. The summed E-state index contributed by atoms with van der Waals surface area (Å²) in [7, 11) is -2.15. The molecule has 12 heteroatoms. The average Bonchev–Trinajstić information content (AvgIpc) is 3.78. The molecule has 1 aliphatic carbocycles. The first kappa shape index (κ1) is 31.2. The number of nitrogens with zero attached hydrogens (tertiary/aromatic N) is 1. The standard InChI is InChI=1S/C29H33ClFN3O5S2/c1-4-6-13-40(37)32-28(18-7-8-18)22-16-27(35)34(3)17-24(22)21-15-26(33-41(38,39)5-2)25(30)14-23(21)29(36)19-9-11-20(31)12-10-19/h9-12,14-18,28,32-33H,4-8,13H2,1-3H3/t28?,40-/m0/s1. The number of rotatable bonds is 13. The van der Waals surface area contributed by atoms with Crippen LogP contribution in [0.25, 0.3) is 11.1 Å². The fourth-order valence-corrected chi connectivity index (χ4v) is 6.69. The van der Waals surface area contributed by atoms with Gasteiger partial charge in [0, 0.05) is 47.4 Å². The first-order chi connectivity index (χ1) is 19.4. The summed E-state index contributed by atoms with van der Waals surface area (Å²) in [5, 5.41) is 0.000133. The Kier molecular flexibility index (Phi) is 9.97. The smallest absolute Gasteiger partial charge is 0.250 e. The summed E-state index contributed by atoms with van der Waals surface area (Å²) < 4.78 is 58.5. The maximum absolute atomic E-state index is 13.8. The number of pyridine rings is 1. The number of benzene rings is 2. The minimum atomic E-state index is -3.72. The molecule has 1 unspecified atom stereocenters. The third-order valence-corrected chi connectivity index (χ3v) is 9.80. The van der Waals surface area contributed by atoms with Crippen molar-refractivity contribution in [2.45, 2.75) is 45.6 Å². The Morgan fingerprint density at radius 3 is 2.46 bits per heavy atom. The number of aryl methyl sites for hydroxylation is 1. The molecule has 3 aromatic rings. The van der Waals surface area contributed by atoms with Gasteiger partial charge < -0.3 is 9.12 Å². The number of anilines is 1. The first-order valence-electron chi connectivity index (χ1n) is 13.4. The Labute approximate surface area is 247 Å². The SMILES string of the molecule is CCCC[S@+]([O-])NC(c1cc(=O)n(C)cc1-c1cc(NS(=O)(=O)CC)c(Cl)cc1C(=O)c1ccc(F)cc1)C1CC1. The predicted octanol–water partition coefficient (Wildman–Crippen LogP) is 5.34. The van der Waals surface area contributed by atoms with Crippen molar-refractivity contribution in [2.75, 3.05) is 16.2 Å². The fraction of sp³-hybridized carbons (Fsp3) is 0.379. The minimum Gasteiger partial charge on any atom is -0.598 e. The number of ketones is 1. The number of hydrogen-bond donors (Lipinski definition) is 2. The number of sulfonamides is 1. The molecule has 1 fully saturated rings. The van der Waals surface area contributed by atoms with Gasteiger partial charge in [-0.15, -0.1) is 4.72 Å². The van der Waals surface area contributed by atoms with E-state index in [1.807, 2.05) is 6.92 Å². The van der Waals surface area contributed by atoms with Crippen molar-refractivity contribution in [2.24, 2.45) is 13.0 Å². The van der Waals surface area contributed by atoms with Gasteiger partial charge in [-0.2, -0.15) is 0 Å². The van der Waals surface area contributed by atoms with Crippen LogP contribution >= 0.6 is 11.6 Å². The molecule has 2 atom stereocenters. The largest absolute Gasteiger partial charge is 0.598 e. The maximum Gasteiger partial charge on any atom is 0.250 e. The van der Waals surface area contributed by atoms with Crippen LogP contribution in [-0.2, 0) is 28.4 Å². The van der Waals surface area contributed by atoms with Gasteiger partial charge in [-0.3, -0.25) is 14.3 Å². The summed E-state index contributed by atoms with van der Waals surface area (Å²) in [5.74, 6) is -0.573. The molecule has 0 spiro atoms. The lowest BCUT2D eigenvalue weighted by atomic mass is 9.89. The lowest BCUT2D eigenvalue weighted by molar-refractivity contribution is 0.103. The Bertz CT molecular complexity index is 1590. The van der Waals surface area contributed by atoms with Crippen LogP contribution in [0.15, 0.2) is 53.5 Å². The van der Waals surface area contributed by atoms with Crippen LogP contribution in [0.3, 0.4) is 0 Å². The molecule has 1 heterocycles. The van der Waals surface area contributed by atoms with E-state index in [4.69, 9.17) is 11.6 Å². The van der Waals surface area contributed by atoms with Gasteiger partial charge in [-0.25, -0.2) is 12.8 Å². The van der Waals surface area contributed by atoms with Gasteiger partial charge >= 0.3 is 0 Å². The van der Waals surface area contributed by atoms with Gasteiger partial charge in [-0.1, -0.05) is 24.9 Å². The number of aromatic nitrogens is 1. The Morgan fingerprint density at radius 2 is 1.85 bits per heavy atom. The summed E-state index contributed by atoms with van der Waals surface area (Å²) in [6.07, 6.45) is 5.00. The van der Waals surface area contributed by atoms with Crippen molar-refractivity contribution in [3.63, 3.8) is 0 Å². The van der Waals surface area contributed by atoms with Gasteiger partial charge in [-0.05, 0) is 79.6 Å². The van der Waals surface area contributed by atoms with E-state index in [9.17, 15) is 27.0 Å². The number of unbranched alkanes of at least 4 members (excludes halogenated alkanes) is 1. The molecule has 1 saturated carbocycles. The zero-order chi connectivity index (χ0) is 29.9. The molecular formula is C29H33ClFN3O5S2. The zero-order valence-electron chi connectivity index (χ0n) is 23.1. The van der Waals surface area contributed by atoms with E-state index in [2.05, 4.69) is 9.44 Å². The summed E-state index contributed by atoms with van der Waals surface area (Å²) in [5.41, 5.74) is 1.50. The van der Waals surface area contributed by atoms with Gasteiger partial charge in [0.05, 0.1) is 22.5 Å². The minimum absolute atomic E-state index is 0.000133. The van der Waals surface area contributed by atoms with E-state index in [0.29, 0.717) is 22.4 Å². The molecule has 1 aromatic heterocycles. The molecule has 0 aliphatic heterocycles. The summed E-state index contributed by atoms with van der Waals surface area (Å²) in [6.45, 7) is 3.50. The quantitative estimate of drug-likeness (QED) is 0.196. The molecule has 8 nitrogen and oxygen atoms in total. The van der Waals surface area contributed by atoms with Crippen molar-refractivity contribution in [1.82, 2.24) is 9.29 Å². The Morgan fingerprint density at radius 1 is 1.17 bits per heavy atom. The van der Waals surface area contributed by atoms with Crippen molar-refractivity contribution >= 4 is 44.5 Å². The van der Waals surface area contributed by atoms with Gasteiger partial charge in [0.25, 0.3) is 5.56 Å². The molecular weight excluding hydrogens is 589 g/mol. The number of carbonyl (C=O) groups excluding carboxylic acids is 1. The van der Waals surface area contributed by atoms with Crippen LogP contribution in [0, 0.1) is 11.7 Å². The highest BCUT2D eigenvalue weighted by Crippen LogP contribution is 2.45. The highest BCUT2D eigenvalue weighted by molar-refractivity contribution is 7.92. The molecule has 1 aliphatic rings. The van der Waals surface area contributed by atoms with Crippen LogP contribution in [0.2, 0.25) is 5.02 Å². The van der Waals surface area contributed by atoms with E-state index < -0.39 is 39.0 Å². The highest BCUT2D eigenvalue weighted by atomic mass is 35.5. The highest BCUT2D eigenvalue weighted by Gasteiger charge is 2.37. The number of carbonyl (C=O) groups is 1. The molecule has 0 saturated heterocycles. The third-order valence-electron chi connectivity index (χ3n) is 7.02. The summed E-state index contributed by atoms with van der Waals surface area (Å²) in [4.78, 5) is 26.7. The second-order valence-corrected chi connectivity index (χ2v) is 13.9. The monoisotopic (exact) mass is 621 g/mol. The molecule has 0 amide bonds. The molecule has 2 aromatic carbocycles. The zero-order valence-corrected chi connectivity index (χ0v) is 25.5. The van der Waals surface area contributed by atoms with E-state index in [1.54, 1.807) is 13.2 Å². The van der Waals surface area contributed by atoms with E-state index in [1.165, 1.54) is 54.0 Å². The van der Waals surface area contributed by atoms with Crippen molar-refractivity contribution in [3.8, 4) is 11.1 Å². The van der Waals surface area contributed by atoms with Gasteiger partial charge in [0.1, 0.15) is 11.6 Å². The Balaban J connectivity index is 1.95. The van der Waals surface area contributed by atoms with Crippen LogP contribution < -0.4 is 15.0 Å². The maximum atomic E-state index is 13.8. The molecule has 4 rings (SSSR count). The number of hydrogen-bond acceptors (Lipinski definition) is 6. The van der Waals surface area contributed by atoms with E-state index in [-0.39, 0.29) is 39.1 Å². The molecule has 0 bridgehead atoms. The van der Waals surface area contributed by atoms with Crippen molar-refractivity contribution in [3.05, 3.63) is 86.5 Å². The van der Waals surface area contributed by atoms with E-state index >= 15 is 0 Å². The summed E-state index contributed by atoms with van der Waals surface area (Å²) >= 11 is 5.15. The van der Waals surface area contributed by atoms with Crippen LogP contribution in [-0.4, -0.2) is 34.8 Å². The second-order valence-electron chi connectivity index (χ2n) is 10.1. The third kappa shape index (κ3) is 7.58. The number of halogens is 2.